The third kappa shape index (κ3) is 4.21. The number of hydrogen-bond donors (Lipinski definition) is 2. The molecule has 0 aliphatic heterocycles. The fraction of sp³-hybridized carbons (Fsp3) is 0.0714. The topological polar surface area (TPSA) is 41.1 Å². The highest BCUT2D eigenvalue weighted by Crippen LogP contribution is 2.25. The summed E-state index contributed by atoms with van der Waals surface area (Å²) in [6.45, 7) is 0.0740. The van der Waals surface area contributed by atoms with E-state index in [0.717, 1.165) is 10.2 Å². The summed E-state index contributed by atoms with van der Waals surface area (Å²) < 4.78 is 13.7. The van der Waals surface area contributed by atoms with Crippen LogP contribution in [0.25, 0.3) is 0 Å². The van der Waals surface area contributed by atoms with Crippen LogP contribution in [0.3, 0.4) is 0 Å². The van der Waals surface area contributed by atoms with Crippen molar-refractivity contribution in [2.24, 2.45) is 0 Å². The van der Waals surface area contributed by atoms with Crippen molar-refractivity contribution in [1.82, 2.24) is 0 Å². The van der Waals surface area contributed by atoms with Crippen LogP contribution in [0.1, 0.15) is 0 Å². The zero-order chi connectivity index (χ0) is 14.5. The zero-order valence-electron chi connectivity index (χ0n) is 10.3. The van der Waals surface area contributed by atoms with Gasteiger partial charge in [0.2, 0.25) is 5.91 Å². The predicted octanol–water partition coefficient (Wildman–Crippen LogP) is 4.29. The largest absolute Gasteiger partial charge is 0.376 e. The van der Waals surface area contributed by atoms with E-state index in [1.807, 2.05) is 0 Å². The van der Waals surface area contributed by atoms with Gasteiger partial charge in [-0.05, 0) is 52.3 Å². The second-order valence-electron chi connectivity index (χ2n) is 4.04. The van der Waals surface area contributed by atoms with E-state index in [9.17, 15) is 9.18 Å². The van der Waals surface area contributed by atoms with Crippen LogP contribution in [0.15, 0.2) is 46.9 Å². The van der Waals surface area contributed by atoms with Crippen LogP contribution in [-0.2, 0) is 4.79 Å². The summed E-state index contributed by atoms with van der Waals surface area (Å²) in [4.78, 5) is 11.7. The lowest BCUT2D eigenvalue weighted by Crippen LogP contribution is -2.21. The maximum absolute atomic E-state index is 13.0. The van der Waals surface area contributed by atoms with Gasteiger partial charge in [0.15, 0.2) is 0 Å². The summed E-state index contributed by atoms with van der Waals surface area (Å²) in [5, 5.41) is 6.15. The second kappa shape index (κ2) is 6.72. The lowest BCUT2D eigenvalue weighted by Gasteiger charge is -2.08. The standard InChI is InChI=1S/C14H11BrClFN2O/c15-12-7-10(4-5-13(12)16)18-8-14(20)19-11-3-1-2-9(17)6-11/h1-7,18H,8H2,(H,19,20). The van der Waals surface area contributed by atoms with Gasteiger partial charge in [0.1, 0.15) is 5.82 Å². The lowest BCUT2D eigenvalue weighted by atomic mass is 10.3. The molecule has 0 aliphatic rings. The van der Waals surface area contributed by atoms with Crippen molar-refractivity contribution < 1.29 is 9.18 Å². The Labute approximate surface area is 129 Å². The molecule has 2 N–H and O–H groups in total. The molecule has 0 radical (unpaired) electrons. The molecule has 2 rings (SSSR count). The van der Waals surface area contributed by atoms with Gasteiger partial charge in [0.05, 0.1) is 11.6 Å². The van der Waals surface area contributed by atoms with Crippen molar-refractivity contribution in [3.8, 4) is 0 Å². The smallest absolute Gasteiger partial charge is 0.243 e. The molecule has 2 aromatic carbocycles. The number of hydrogen-bond acceptors (Lipinski definition) is 2. The lowest BCUT2D eigenvalue weighted by molar-refractivity contribution is -0.114. The van der Waals surface area contributed by atoms with Crippen molar-refractivity contribution in [1.29, 1.82) is 0 Å². The predicted molar refractivity (Wildman–Crippen MR) is 82.7 cm³/mol. The molecule has 0 saturated heterocycles. The first-order chi connectivity index (χ1) is 9.54. The third-order valence-electron chi connectivity index (χ3n) is 2.48. The molecule has 3 nitrogen and oxygen atoms in total. The fourth-order valence-corrected chi connectivity index (χ4v) is 2.06. The molecule has 2 aromatic rings. The Morgan fingerprint density at radius 3 is 2.70 bits per heavy atom. The second-order valence-corrected chi connectivity index (χ2v) is 5.30. The molecule has 0 unspecified atom stereocenters. The number of amides is 1. The molecule has 0 atom stereocenters. The van der Waals surface area contributed by atoms with Gasteiger partial charge >= 0.3 is 0 Å². The van der Waals surface area contributed by atoms with Gasteiger partial charge in [0.25, 0.3) is 0 Å². The van der Waals surface area contributed by atoms with Crippen molar-refractivity contribution in [3.05, 3.63) is 57.8 Å². The molecular formula is C14H11BrClFN2O. The highest BCUT2D eigenvalue weighted by atomic mass is 79.9. The summed E-state index contributed by atoms with van der Waals surface area (Å²) >= 11 is 9.18. The van der Waals surface area contributed by atoms with E-state index in [0.29, 0.717) is 10.7 Å². The highest BCUT2D eigenvalue weighted by Gasteiger charge is 2.04. The van der Waals surface area contributed by atoms with E-state index in [1.165, 1.54) is 18.2 Å². The number of benzene rings is 2. The van der Waals surface area contributed by atoms with Gasteiger partial charge in [-0.2, -0.15) is 0 Å². The number of halogens is 3. The SMILES string of the molecule is O=C(CNc1ccc(Cl)c(Br)c1)Nc1cccc(F)c1. The monoisotopic (exact) mass is 356 g/mol. The van der Waals surface area contributed by atoms with Crippen molar-refractivity contribution >= 4 is 44.8 Å². The number of carbonyl (C=O) groups excluding carboxylic acids is 1. The number of carbonyl (C=O) groups is 1. The molecule has 0 aromatic heterocycles. The Bertz CT molecular complexity index is 636. The highest BCUT2D eigenvalue weighted by molar-refractivity contribution is 9.10. The van der Waals surface area contributed by atoms with Gasteiger partial charge in [-0.15, -0.1) is 0 Å². The first-order valence-corrected chi connectivity index (χ1v) is 6.96. The normalized spacial score (nSPS) is 10.2. The van der Waals surface area contributed by atoms with Gasteiger partial charge in [-0.3, -0.25) is 4.79 Å². The van der Waals surface area contributed by atoms with E-state index in [2.05, 4.69) is 26.6 Å². The average molecular weight is 358 g/mol. The maximum atomic E-state index is 13.0. The van der Waals surface area contributed by atoms with Crippen molar-refractivity contribution in [2.75, 3.05) is 17.2 Å². The van der Waals surface area contributed by atoms with E-state index < -0.39 is 5.82 Å². The van der Waals surface area contributed by atoms with Crippen LogP contribution in [-0.4, -0.2) is 12.5 Å². The molecule has 0 aliphatic carbocycles. The zero-order valence-corrected chi connectivity index (χ0v) is 12.6. The average Bonchev–Trinajstić information content (AvgIpc) is 2.40. The van der Waals surface area contributed by atoms with Crippen molar-refractivity contribution in [3.63, 3.8) is 0 Å². The Kier molecular flexibility index (Phi) is 4.98. The first kappa shape index (κ1) is 14.8. The number of rotatable bonds is 4. The van der Waals surface area contributed by atoms with Crippen LogP contribution in [0.4, 0.5) is 15.8 Å². The molecule has 0 spiro atoms. The summed E-state index contributed by atoms with van der Waals surface area (Å²) in [5.74, 6) is -0.654. The van der Waals surface area contributed by atoms with Gasteiger partial charge in [-0.25, -0.2) is 4.39 Å². The van der Waals surface area contributed by atoms with E-state index >= 15 is 0 Å². The van der Waals surface area contributed by atoms with Crippen LogP contribution in [0, 0.1) is 5.82 Å². The minimum absolute atomic E-state index is 0.0740. The maximum Gasteiger partial charge on any atom is 0.243 e. The van der Waals surface area contributed by atoms with Crippen LogP contribution in [0.5, 0.6) is 0 Å². The Morgan fingerprint density at radius 2 is 2.00 bits per heavy atom. The molecule has 0 bridgehead atoms. The van der Waals surface area contributed by atoms with Gasteiger partial charge in [-0.1, -0.05) is 17.7 Å². The Hall–Kier alpha value is -1.59. The molecule has 0 saturated carbocycles. The van der Waals surface area contributed by atoms with Gasteiger partial charge < -0.3 is 10.6 Å². The molecule has 104 valence electrons. The van der Waals surface area contributed by atoms with Crippen LogP contribution in [0.2, 0.25) is 5.02 Å². The summed E-state index contributed by atoms with van der Waals surface area (Å²) in [6, 6.07) is 11.0. The Morgan fingerprint density at radius 1 is 1.20 bits per heavy atom. The van der Waals surface area contributed by atoms with Gasteiger partial charge in [0, 0.05) is 15.8 Å². The molecule has 6 heteroatoms. The summed E-state index contributed by atoms with van der Waals surface area (Å²) in [5.41, 5.74) is 1.18. The molecule has 0 heterocycles. The van der Waals surface area contributed by atoms with Crippen LogP contribution < -0.4 is 10.6 Å². The van der Waals surface area contributed by atoms with E-state index in [1.54, 1.807) is 24.3 Å². The van der Waals surface area contributed by atoms with Crippen LogP contribution >= 0.6 is 27.5 Å². The molecule has 20 heavy (non-hydrogen) atoms. The minimum Gasteiger partial charge on any atom is -0.376 e. The number of nitrogens with one attached hydrogen (secondary N) is 2. The summed E-state index contributed by atoms with van der Waals surface area (Å²) in [7, 11) is 0. The van der Waals surface area contributed by atoms with Crippen molar-refractivity contribution in [2.45, 2.75) is 0 Å². The fourth-order valence-electron chi connectivity index (χ4n) is 1.56. The summed E-state index contributed by atoms with van der Waals surface area (Å²) in [6.07, 6.45) is 0. The van der Waals surface area contributed by atoms with E-state index in [4.69, 9.17) is 11.6 Å². The molecule has 1 amide bonds. The first-order valence-electron chi connectivity index (χ1n) is 5.79. The minimum atomic E-state index is -0.391. The third-order valence-corrected chi connectivity index (χ3v) is 3.69. The number of anilines is 2. The molecular weight excluding hydrogens is 347 g/mol. The van der Waals surface area contributed by atoms with E-state index in [-0.39, 0.29) is 12.5 Å². The molecule has 0 fully saturated rings. The Balaban J connectivity index is 1.90. The quantitative estimate of drug-likeness (QED) is 0.857.